The second-order valence-corrected chi connectivity index (χ2v) is 18.5. The van der Waals surface area contributed by atoms with Gasteiger partial charge in [0, 0.05) is 36.6 Å². The Kier molecular flexibility index (Phi) is 7.27. The summed E-state index contributed by atoms with van der Waals surface area (Å²) in [6, 6.07) is 31.1. The summed E-state index contributed by atoms with van der Waals surface area (Å²) < 4.78 is 122. The van der Waals surface area contributed by atoms with Crippen LogP contribution in [0.1, 0.15) is 129 Å². The third-order valence-corrected chi connectivity index (χ3v) is 11.4. The number of hydrogen-bond donors (Lipinski definition) is 1. The second kappa shape index (κ2) is 15.9. The lowest BCUT2D eigenvalue weighted by Gasteiger charge is -2.22. The zero-order chi connectivity index (χ0) is 56.2. The number of benzene rings is 6. The molecular weight excluding hydrogens is 755 g/mol. The fourth-order valence-corrected chi connectivity index (χ4v) is 7.78. The van der Waals surface area contributed by atoms with Crippen LogP contribution >= 0.6 is 0 Å². The minimum Gasteiger partial charge on any atom is -0.507 e. The molecule has 4 heteroatoms. The molecule has 0 bridgehead atoms. The average molecular weight is 830 g/mol. The van der Waals surface area contributed by atoms with E-state index in [0.717, 1.165) is 50.1 Å². The van der Waals surface area contributed by atoms with Crippen molar-refractivity contribution in [2.45, 2.75) is 105 Å². The fraction of sp³-hybridized carbons (Fsp3) is 0.276. The van der Waals surface area contributed by atoms with E-state index in [9.17, 15) is 5.11 Å². The number of hydrogen-bond acceptors (Lipinski definition) is 3. The number of aromatic nitrogens is 3. The van der Waals surface area contributed by atoms with Crippen molar-refractivity contribution < 1.29 is 24.3 Å². The fourth-order valence-electron chi connectivity index (χ4n) is 7.78. The standard InChI is InChI=1S/C58H61N3O/c1-36(2)40-23-26-51(48(33-40)39-17-14-13-15-18-39)61-52-20-16-19-47(53(52)60-55(61)49-35-45(57(7,8)9)29-37(3)54(49)62)42-30-43(32-46(31-42)58(10,11)12)50-34-41(27-28-59-50)38-21-24-44(25-22-38)56(4,5)6/h13-36,62H,1-12H3/i4D3,5D3,6D3,21D,22D,24D,25D,36D. The van der Waals surface area contributed by atoms with E-state index in [-0.39, 0.29) is 22.3 Å². The van der Waals surface area contributed by atoms with Crippen molar-refractivity contribution in [3.63, 3.8) is 0 Å². The molecule has 62 heavy (non-hydrogen) atoms. The van der Waals surface area contributed by atoms with E-state index in [4.69, 9.17) is 29.2 Å². The molecular formula is C58H61N3O. The van der Waals surface area contributed by atoms with Crippen LogP contribution in [0, 0.1) is 6.92 Å². The molecule has 314 valence electrons. The smallest absolute Gasteiger partial charge is 0.149 e. The number of phenolic OH excluding ortho intramolecular Hbond substituents is 1. The normalized spacial score (nSPS) is 16.5. The summed E-state index contributed by atoms with van der Waals surface area (Å²) in [6.45, 7) is 6.70. The van der Waals surface area contributed by atoms with Crippen molar-refractivity contribution in [2.24, 2.45) is 0 Å². The molecule has 0 saturated carbocycles. The van der Waals surface area contributed by atoms with E-state index in [1.165, 1.54) is 12.3 Å². The third-order valence-electron chi connectivity index (χ3n) is 11.4. The second-order valence-electron chi connectivity index (χ2n) is 18.5. The molecule has 0 spiro atoms. The molecule has 0 atom stereocenters. The SMILES string of the molecule is [2H]c1c([2H])c(C(C([2H])([2H])[2H])(C([2H])([2H])[2H])C([2H])([2H])[2H])c([2H])c([2H])c1-c1ccnc(-c2cc(-c3cccc4c3nc(-c3cc(C(C)(C)C)cc(C)c3O)n4-c3ccc(C([2H])(C)C)cc3-c3ccccc3)cc(C(C)(C)C)c2)c1. The number of aryl methyl sites for hydroxylation is 1. The van der Waals surface area contributed by atoms with Crippen LogP contribution in [0.5, 0.6) is 5.75 Å². The number of rotatable bonds is 7. The van der Waals surface area contributed by atoms with Crippen molar-refractivity contribution in [3.8, 4) is 67.5 Å². The lowest BCUT2D eigenvalue weighted by molar-refractivity contribution is 0.471. The zero-order valence-electron chi connectivity index (χ0n) is 50.8. The molecule has 6 aromatic carbocycles. The van der Waals surface area contributed by atoms with Gasteiger partial charge in [0.25, 0.3) is 0 Å². The van der Waals surface area contributed by atoms with E-state index in [1.807, 2.05) is 112 Å². The van der Waals surface area contributed by atoms with Gasteiger partial charge in [-0.1, -0.05) is 161 Å². The molecule has 4 nitrogen and oxygen atoms in total. The Bertz CT molecular complexity index is 3510. The summed E-state index contributed by atoms with van der Waals surface area (Å²) in [5.74, 6) is -0.341. The maximum atomic E-state index is 12.1. The van der Waals surface area contributed by atoms with Gasteiger partial charge in [-0.25, -0.2) is 4.98 Å². The Morgan fingerprint density at radius 1 is 0.613 bits per heavy atom. The van der Waals surface area contributed by atoms with Crippen molar-refractivity contribution in [1.82, 2.24) is 14.5 Å². The van der Waals surface area contributed by atoms with Gasteiger partial charge in [0.1, 0.15) is 11.6 Å². The number of fused-ring (bicyclic) bond motifs is 1. The van der Waals surface area contributed by atoms with Crippen LogP contribution in [-0.4, -0.2) is 19.6 Å². The Hall–Kier alpha value is -6.26. The minimum atomic E-state index is -3.81. The van der Waals surface area contributed by atoms with Gasteiger partial charge in [-0.05, 0) is 128 Å². The Morgan fingerprint density at radius 3 is 1.98 bits per heavy atom. The van der Waals surface area contributed by atoms with Crippen LogP contribution in [-0.2, 0) is 16.2 Å². The summed E-state index contributed by atoms with van der Waals surface area (Å²) >= 11 is 0. The van der Waals surface area contributed by atoms with Gasteiger partial charge in [0.15, 0.2) is 0 Å². The molecule has 0 unspecified atom stereocenters. The number of pyridine rings is 1. The van der Waals surface area contributed by atoms with Gasteiger partial charge in [0.05, 0.1) is 33.5 Å². The number of phenols is 1. The molecule has 0 saturated heterocycles. The molecule has 8 aromatic rings. The van der Waals surface area contributed by atoms with Gasteiger partial charge in [-0.3, -0.25) is 9.55 Å². The first-order chi connectivity index (χ1) is 35.0. The molecule has 0 aliphatic heterocycles. The Labute approximate surface area is 389 Å². The highest BCUT2D eigenvalue weighted by atomic mass is 16.3. The van der Waals surface area contributed by atoms with Crippen LogP contribution < -0.4 is 0 Å². The topological polar surface area (TPSA) is 50.9 Å². The molecule has 2 heterocycles. The van der Waals surface area contributed by atoms with Gasteiger partial charge >= 0.3 is 0 Å². The van der Waals surface area contributed by atoms with E-state index in [2.05, 4.69) is 52.2 Å². The molecule has 1 N–H and O–H groups in total. The van der Waals surface area contributed by atoms with Crippen LogP contribution in [0.4, 0.5) is 0 Å². The quantitative estimate of drug-likeness (QED) is 0.174. The first kappa shape index (κ1) is 28.4. The predicted molar refractivity (Wildman–Crippen MR) is 263 cm³/mol. The molecule has 0 amide bonds. The molecule has 0 aliphatic rings. The van der Waals surface area contributed by atoms with Crippen LogP contribution in [0.3, 0.4) is 0 Å². The summed E-state index contributed by atoms with van der Waals surface area (Å²) in [5, 5.41) is 12.1. The largest absolute Gasteiger partial charge is 0.507 e. The summed E-state index contributed by atoms with van der Waals surface area (Å²) in [4.78, 5) is 10.2. The van der Waals surface area contributed by atoms with Crippen LogP contribution in [0.25, 0.3) is 72.7 Å². The molecule has 0 radical (unpaired) electrons. The van der Waals surface area contributed by atoms with E-state index in [0.29, 0.717) is 33.7 Å². The molecule has 2 aromatic heterocycles. The van der Waals surface area contributed by atoms with Crippen LogP contribution in [0.2, 0.25) is 0 Å². The van der Waals surface area contributed by atoms with E-state index in [1.54, 1.807) is 6.07 Å². The van der Waals surface area contributed by atoms with Gasteiger partial charge < -0.3 is 5.11 Å². The summed E-state index contributed by atoms with van der Waals surface area (Å²) in [6.07, 6.45) is 1.43. The number of nitrogens with zero attached hydrogens (tertiary/aromatic N) is 3. The first-order valence-electron chi connectivity index (χ1n) is 27.8. The van der Waals surface area contributed by atoms with Crippen LogP contribution in [0.15, 0.2) is 140 Å². The van der Waals surface area contributed by atoms with Gasteiger partial charge in [0.2, 0.25) is 0 Å². The summed E-state index contributed by atoms with van der Waals surface area (Å²) in [7, 11) is 0. The van der Waals surface area contributed by atoms with E-state index >= 15 is 0 Å². The monoisotopic (exact) mass is 830 g/mol. The molecule has 8 rings (SSSR count). The number of aromatic hydroxyl groups is 1. The van der Waals surface area contributed by atoms with Gasteiger partial charge in [-0.2, -0.15) is 0 Å². The van der Waals surface area contributed by atoms with Crippen molar-refractivity contribution >= 4 is 11.0 Å². The maximum Gasteiger partial charge on any atom is 0.149 e. The van der Waals surface area contributed by atoms with Crippen molar-refractivity contribution in [3.05, 3.63) is 167 Å². The lowest BCUT2D eigenvalue weighted by atomic mass is 9.83. The summed E-state index contributed by atoms with van der Waals surface area (Å²) in [5.41, 5.74) is 4.39. The van der Waals surface area contributed by atoms with Crippen molar-refractivity contribution in [1.29, 1.82) is 0 Å². The highest BCUT2D eigenvalue weighted by molar-refractivity contribution is 5.98. The lowest BCUT2D eigenvalue weighted by Crippen LogP contribution is -2.12. The highest BCUT2D eigenvalue weighted by Crippen LogP contribution is 2.44. The molecule has 0 aliphatic carbocycles. The third kappa shape index (κ3) is 8.23. The first-order valence-corrected chi connectivity index (χ1v) is 20.8. The highest BCUT2D eigenvalue weighted by Gasteiger charge is 2.26. The number of imidazole rings is 1. The van der Waals surface area contributed by atoms with Crippen molar-refractivity contribution in [2.75, 3.05) is 0 Å². The minimum absolute atomic E-state index is 0.0850. The predicted octanol–water partition coefficient (Wildman–Crippen LogP) is 15.8. The maximum absolute atomic E-state index is 12.1. The number of para-hydroxylation sites is 1. The van der Waals surface area contributed by atoms with Gasteiger partial charge in [-0.15, -0.1) is 0 Å². The van der Waals surface area contributed by atoms with E-state index < -0.39 is 67.0 Å². The Morgan fingerprint density at radius 2 is 1.31 bits per heavy atom. The Balaban J connectivity index is 1.40. The zero-order valence-corrected chi connectivity index (χ0v) is 36.8. The average Bonchev–Trinajstić information content (AvgIpc) is 3.70. The molecule has 0 fully saturated rings.